The van der Waals surface area contributed by atoms with Gasteiger partial charge in [0.2, 0.25) is 0 Å². The summed E-state index contributed by atoms with van der Waals surface area (Å²) in [7, 11) is 0. The van der Waals surface area contributed by atoms with Gasteiger partial charge in [-0.2, -0.15) is 0 Å². The first-order valence-electron chi connectivity index (χ1n) is 4.99. The highest BCUT2D eigenvalue weighted by molar-refractivity contribution is 5.39. The van der Waals surface area contributed by atoms with Crippen LogP contribution in [0.3, 0.4) is 0 Å². The average Bonchev–Trinajstić information content (AvgIpc) is 2.14. The number of benzene rings is 1. The normalized spacial score (nSPS) is 16.1. The molecule has 0 saturated carbocycles. The van der Waals surface area contributed by atoms with Crippen molar-refractivity contribution in [1.29, 1.82) is 0 Å². The van der Waals surface area contributed by atoms with Crippen LogP contribution in [0.25, 0.3) is 0 Å². The predicted octanol–water partition coefficient (Wildman–Crippen LogP) is 1.44. The van der Waals surface area contributed by atoms with E-state index in [0.29, 0.717) is 12.7 Å². The molecule has 0 aromatic heterocycles. The zero-order chi connectivity index (χ0) is 9.80. The third-order valence-corrected chi connectivity index (χ3v) is 2.19. The van der Waals surface area contributed by atoms with E-state index in [1.807, 2.05) is 31.2 Å². The van der Waals surface area contributed by atoms with Crippen LogP contribution in [-0.2, 0) is 0 Å². The summed E-state index contributed by atoms with van der Waals surface area (Å²) < 4.78 is 11.2. The second-order valence-electron chi connectivity index (χ2n) is 3.28. The molecule has 1 aromatic carbocycles. The smallest absolute Gasteiger partial charge is 0.161 e. The molecule has 2 rings (SSSR count). The molecule has 0 atom stereocenters. The summed E-state index contributed by atoms with van der Waals surface area (Å²) in [4.78, 5) is 0. The minimum absolute atomic E-state index is 0.302. The fourth-order valence-electron chi connectivity index (χ4n) is 1.35. The second kappa shape index (κ2) is 4.33. The minimum atomic E-state index is 0.302. The maximum absolute atomic E-state index is 5.75. The first-order chi connectivity index (χ1) is 6.90. The van der Waals surface area contributed by atoms with Crippen molar-refractivity contribution in [3.05, 3.63) is 24.3 Å². The number of rotatable bonds is 4. The molecule has 1 aliphatic heterocycles. The number of para-hydroxylation sites is 2. The van der Waals surface area contributed by atoms with Gasteiger partial charge >= 0.3 is 0 Å². The number of nitrogens with one attached hydrogen (secondary N) is 1. The molecule has 1 N–H and O–H groups in total. The summed E-state index contributed by atoms with van der Waals surface area (Å²) >= 11 is 0. The minimum Gasteiger partial charge on any atom is -0.490 e. The fraction of sp³-hybridized carbons (Fsp3) is 0.455. The summed E-state index contributed by atoms with van der Waals surface area (Å²) in [6, 6.07) is 7.80. The van der Waals surface area contributed by atoms with E-state index in [9.17, 15) is 0 Å². The van der Waals surface area contributed by atoms with E-state index in [-0.39, 0.29) is 0 Å². The van der Waals surface area contributed by atoms with Gasteiger partial charge in [0, 0.05) is 13.1 Å². The monoisotopic (exact) mass is 193 g/mol. The molecular weight excluding hydrogens is 178 g/mol. The lowest BCUT2D eigenvalue weighted by Gasteiger charge is -2.28. The molecule has 76 valence electrons. The van der Waals surface area contributed by atoms with Gasteiger partial charge in [-0.05, 0) is 19.1 Å². The standard InChI is InChI=1S/C11H15NO2/c1-2-13-10-5-3-4-6-11(10)14-9-7-12-8-9/h3-6,9,12H,2,7-8H2,1H3. The van der Waals surface area contributed by atoms with E-state index < -0.39 is 0 Å². The Hall–Kier alpha value is -1.22. The molecule has 0 aliphatic carbocycles. The highest BCUT2D eigenvalue weighted by atomic mass is 16.5. The van der Waals surface area contributed by atoms with Crippen LogP contribution in [0.2, 0.25) is 0 Å². The van der Waals surface area contributed by atoms with Crippen LogP contribution in [0.4, 0.5) is 0 Å². The number of ether oxygens (including phenoxy) is 2. The number of hydrogen-bond donors (Lipinski definition) is 1. The zero-order valence-corrected chi connectivity index (χ0v) is 8.32. The molecule has 1 fully saturated rings. The Morgan fingerprint density at radius 3 is 2.57 bits per heavy atom. The van der Waals surface area contributed by atoms with E-state index >= 15 is 0 Å². The van der Waals surface area contributed by atoms with Crippen molar-refractivity contribution < 1.29 is 9.47 Å². The Morgan fingerprint density at radius 1 is 1.29 bits per heavy atom. The molecule has 0 bridgehead atoms. The average molecular weight is 193 g/mol. The van der Waals surface area contributed by atoms with Crippen molar-refractivity contribution >= 4 is 0 Å². The lowest BCUT2D eigenvalue weighted by molar-refractivity contribution is 0.136. The molecule has 3 nitrogen and oxygen atoms in total. The van der Waals surface area contributed by atoms with Crippen molar-refractivity contribution in [3.8, 4) is 11.5 Å². The zero-order valence-electron chi connectivity index (χ0n) is 8.32. The SMILES string of the molecule is CCOc1ccccc1OC1CNC1. The molecule has 1 aromatic rings. The molecule has 1 saturated heterocycles. The molecular formula is C11H15NO2. The molecule has 3 heteroatoms. The van der Waals surface area contributed by atoms with Gasteiger partial charge in [0.05, 0.1) is 6.61 Å². The van der Waals surface area contributed by atoms with Crippen molar-refractivity contribution in [2.75, 3.05) is 19.7 Å². The first-order valence-corrected chi connectivity index (χ1v) is 4.99. The van der Waals surface area contributed by atoms with Crippen LogP contribution >= 0.6 is 0 Å². The predicted molar refractivity (Wildman–Crippen MR) is 54.9 cm³/mol. The van der Waals surface area contributed by atoms with Crippen molar-refractivity contribution in [2.24, 2.45) is 0 Å². The second-order valence-corrected chi connectivity index (χ2v) is 3.28. The Labute approximate surface area is 84.0 Å². The van der Waals surface area contributed by atoms with Crippen molar-refractivity contribution in [2.45, 2.75) is 13.0 Å². The summed E-state index contributed by atoms with van der Waals surface area (Å²) in [5.74, 6) is 1.68. The third-order valence-electron chi connectivity index (χ3n) is 2.19. The first kappa shape index (κ1) is 9.34. The van der Waals surface area contributed by atoms with Gasteiger partial charge in [-0.3, -0.25) is 0 Å². The maximum Gasteiger partial charge on any atom is 0.161 e. The topological polar surface area (TPSA) is 30.5 Å². The van der Waals surface area contributed by atoms with Crippen LogP contribution < -0.4 is 14.8 Å². The van der Waals surface area contributed by atoms with Crippen molar-refractivity contribution in [3.63, 3.8) is 0 Å². The van der Waals surface area contributed by atoms with Gasteiger partial charge in [-0.25, -0.2) is 0 Å². The van der Waals surface area contributed by atoms with Crippen LogP contribution in [0.1, 0.15) is 6.92 Å². The van der Waals surface area contributed by atoms with E-state index in [0.717, 1.165) is 24.6 Å². The Morgan fingerprint density at radius 2 is 2.00 bits per heavy atom. The Kier molecular flexibility index (Phi) is 2.89. The highest BCUT2D eigenvalue weighted by Crippen LogP contribution is 2.27. The summed E-state index contributed by atoms with van der Waals surface area (Å²) in [5, 5.41) is 3.17. The lowest BCUT2D eigenvalue weighted by Crippen LogP contribution is -2.50. The molecule has 0 radical (unpaired) electrons. The number of hydrogen-bond acceptors (Lipinski definition) is 3. The van der Waals surface area contributed by atoms with Crippen LogP contribution in [-0.4, -0.2) is 25.8 Å². The lowest BCUT2D eigenvalue weighted by atomic mass is 10.2. The fourth-order valence-corrected chi connectivity index (χ4v) is 1.35. The van der Waals surface area contributed by atoms with Crippen LogP contribution in [0.5, 0.6) is 11.5 Å². The van der Waals surface area contributed by atoms with Gasteiger partial charge in [0.15, 0.2) is 11.5 Å². The van der Waals surface area contributed by atoms with Gasteiger partial charge in [-0.1, -0.05) is 12.1 Å². The summed E-state index contributed by atoms with van der Waals surface area (Å²) in [5.41, 5.74) is 0. The highest BCUT2D eigenvalue weighted by Gasteiger charge is 2.19. The summed E-state index contributed by atoms with van der Waals surface area (Å²) in [6.45, 7) is 4.51. The maximum atomic E-state index is 5.75. The molecule has 1 heterocycles. The quantitative estimate of drug-likeness (QED) is 0.784. The van der Waals surface area contributed by atoms with E-state index in [2.05, 4.69) is 5.32 Å². The molecule has 14 heavy (non-hydrogen) atoms. The van der Waals surface area contributed by atoms with Crippen LogP contribution in [0, 0.1) is 0 Å². The van der Waals surface area contributed by atoms with E-state index in [1.165, 1.54) is 0 Å². The molecule has 0 unspecified atom stereocenters. The molecule has 0 spiro atoms. The van der Waals surface area contributed by atoms with Gasteiger partial charge in [0.25, 0.3) is 0 Å². The van der Waals surface area contributed by atoms with Crippen LogP contribution in [0.15, 0.2) is 24.3 Å². The third kappa shape index (κ3) is 1.99. The van der Waals surface area contributed by atoms with Gasteiger partial charge in [-0.15, -0.1) is 0 Å². The Balaban J connectivity index is 2.05. The van der Waals surface area contributed by atoms with Gasteiger partial charge < -0.3 is 14.8 Å². The molecule has 1 aliphatic rings. The molecule has 0 amide bonds. The van der Waals surface area contributed by atoms with E-state index in [4.69, 9.17) is 9.47 Å². The largest absolute Gasteiger partial charge is 0.490 e. The summed E-state index contributed by atoms with van der Waals surface area (Å²) in [6.07, 6.45) is 0.302. The Bertz CT molecular complexity index is 297. The van der Waals surface area contributed by atoms with Gasteiger partial charge in [0.1, 0.15) is 6.10 Å². The van der Waals surface area contributed by atoms with Crippen molar-refractivity contribution in [1.82, 2.24) is 5.32 Å². The van der Waals surface area contributed by atoms with E-state index in [1.54, 1.807) is 0 Å².